The molecular weight excluding hydrogens is 440 g/mol. The standard InChI is InChI=1S/C24H31ClN6O2/c1-14(2)26-13-23(32)30-17-6-4-16(5-7-17)29-22-9-15(8-21(25)31-22)20-12-28-24-19(20)10-18(33-3)11-27-24/h8-12,14,16-17,26H,4-7,13H2,1-3H3,(H,27,28)(H,29,31)(H,30,32)/t16-,17-. The maximum absolute atomic E-state index is 12.1. The van der Waals surface area contributed by atoms with Crippen LogP contribution in [0.15, 0.2) is 30.6 Å². The quantitative estimate of drug-likeness (QED) is 0.369. The van der Waals surface area contributed by atoms with Crippen molar-refractivity contribution in [2.24, 2.45) is 0 Å². The van der Waals surface area contributed by atoms with Crippen molar-refractivity contribution < 1.29 is 9.53 Å². The minimum Gasteiger partial charge on any atom is -0.495 e. The molecule has 1 aliphatic rings. The number of halogens is 1. The summed E-state index contributed by atoms with van der Waals surface area (Å²) in [4.78, 5) is 24.2. The first-order valence-corrected chi connectivity index (χ1v) is 11.8. The van der Waals surface area contributed by atoms with E-state index in [1.807, 2.05) is 38.2 Å². The van der Waals surface area contributed by atoms with Gasteiger partial charge in [-0.3, -0.25) is 4.79 Å². The van der Waals surface area contributed by atoms with Crippen LogP contribution < -0.4 is 20.7 Å². The Labute approximate surface area is 198 Å². The number of anilines is 1. The number of nitrogens with one attached hydrogen (secondary N) is 4. The predicted octanol–water partition coefficient (Wildman–Crippen LogP) is 4.12. The SMILES string of the molecule is COc1cnc2[nH]cc(-c3cc(Cl)nc(N[C@H]4CC[C@H](NC(=O)CNC(C)C)CC4)c3)c2c1. The average Bonchev–Trinajstić information content (AvgIpc) is 3.22. The molecule has 3 aromatic rings. The van der Waals surface area contributed by atoms with Gasteiger partial charge in [0.05, 0.1) is 19.9 Å². The van der Waals surface area contributed by atoms with Crippen molar-refractivity contribution >= 4 is 34.4 Å². The van der Waals surface area contributed by atoms with Crippen molar-refractivity contribution in [3.63, 3.8) is 0 Å². The maximum Gasteiger partial charge on any atom is 0.234 e. The molecule has 9 heteroatoms. The number of aromatic amines is 1. The number of hydrogen-bond donors (Lipinski definition) is 4. The molecule has 0 spiro atoms. The normalized spacial score (nSPS) is 18.5. The number of ether oxygens (including phenoxy) is 1. The van der Waals surface area contributed by atoms with E-state index < -0.39 is 0 Å². The van der Waals surface area contributed by atoms with Crippen LogP contribution in [0.5, 0.6) is 5.75 Å². The number of nitrogens with zero attached hydrogens (tertiary/aromatic N) is 2. The molecule has 1 saturated carbocycles. The molecular formula is C24H31ClN6O2. The van der Waals surface area contributed by atoms with Crippen LogP contribution in [0.25, 0.3) is 22.2 Å². The molecule has 0 aromatic carbocycles. The van der Waals surface area contributed by atoms with Gasteiger partial charge in [0.15, 0.2) is 0 Å². The van der Waals surface area contributed by atoms with Gasteiger partial charge < -0.3 is 25.7 Å². The van der Waals surface area contributed by atoms with E-state index in [2.05, 4.69) is 30.9 Å². The third-order valence-electron chi connectivity index (χ3n) is 5.96. The van der Waals surface area contributed by atoms with Gasteiger partial charge in [0, 0.05) is 35.3 Å². The highest BCUT2D eigenvalue weighted by Crippen LogP contribution is 2.33. The number of amides is 1. The zero-order chi connectivity index (χ0) is 23.4. The highest BCUT2D eigenvalue weighted by atomic mass is 35.5. The second-order valence-corrected chi connectivity index (χ2v) is 9.22. The summed E-state index contributed by atoms with van der Waals surface area (Å²) in [5.41, 5.74) is 2.74. The smallest absolute Gasteiger partial charge is 0.234 e. The lowest BCUT2D eigenvalue weighted by Gasteiger charge is -2.30. The molecule has 3 aromatic heterocycles. The lowest BCUT2D eigenvalue weighted by molar-refractivity contribution is -0.121. The Kier molecular flexibility index (Phi) is 7.35. The Morgan fingerprint density at radius 1 is 1.21 bits per heavy atom. The molecule has 0 aliphatic heterocycles. The van der Waals surface area contributed by atoms with Gasteiger partial charge in [-0.15, -0.1) is 0 Å². The summed E-state index contributed by atoms with van der Waals surface area (Å²) in [7, 11) is 1.63. The van der Waals surface area contributed by atoms with E-state index in [1.54, 1.807) is 13.3 Å². The van der Waals surface area contributed by atoms with Gasteiger partial charge in [-0.1, -0.05) is 25.4 Å². The van der Waals surface area contributed by atoms with Gasteiger partial charge in [-0.2, -0.15) is 0 Å². The first-order valence-electron chi connectivity index (χ1n) is 11.4. The summed E-state index contributed by atoms with van der Waals surface area (Å²) < 4.78 is 5.33. The summed E-state index contributed by atoms with van der Waals surface area (Å²) in [5.74, 6) is 1.51. The first kappa shape index (κ1) is 23.3. The number of methoxy groups -OCH3 is 1. The van der Waals surface area contributed by atoms with Crippen molar-refractivity contribution in [2.75, 3.05) is 19.0 Å². The molecule has 176 valence electrons. The molecule has 0 atom stereocenters. The molecule has 3 heterocycles. The minimum absolute atomic E-state index is 0.0612. The number of hydrogen-bond acceptors (Lipinski definition) is 6. The number of fused-ring (bicyclic) bond motifs is 1. The molecule has 0 bridgehead atoms. The summed E-state index contributed by atoms with van der Waals surface area (Å²) in [6.45, 7) is 4.43. The van der Waals surface area contributed by atoms with Gasteiger partial charge in [0.2, 0.25) is 5.91 Å². The van der Waals surface area contributed by atoms with Gasteiger partial charge in [-0.25, -0.2) is 9.97 Å². The van der Waals surface area contributed by atoms with Crippen LogP contribution in [0.2, 0.25) is 5.15 Å². The highest BCUT2D eigenvalue weighted by molar-refractivity contribution is 6.29. The molecule has 1 fully saturated rings. The maximum atomic E-state index is 12.1. The van der Waals surface area contributed by atoms with E-state index in [1.165, 1.54) is 0 Å². The third kappa shape index (κ3) is 5.94. The molecule has 0 radical (unpaired) electrons. The summed E-state index contributed by atoms with van der Waals surface area (Å²) >= 11 is 6.37. The average molecular weight is 471 g/mol. The van der Waals surface area contributed by atoms with E-state index in [0.29, 0.717) is 23.5 Å². The van der Waals surface area contributed by atoms with Crippen molar-refractivity contribution in [3.8, 4) is 16.9 Å². The number of aromatic nitrogens is 3. The number of pyridine rings is 2. The van der Waals surface area contributed by atoms with Gasteiger partial charge in [-0.05, 0) is 49.4 Å². The third-order valence-corrected chi connectivity index (χ3v) is 6.16. The van der Waals surface area contributed by atoms with Gasteiger partial charge in [0.1, 0.15) is 22.4 Å². The Morgan fingerprint density at radius 2 is 1.97 bits per heavy atom. The Morgan fingerprint density at radius 3 is 2.70 bits per heavy atom. The fraction of sp³-hybridized carbons (Fsp3) is 0.458. The van der Waals surface area contributed by atoms with Crippen LogP contribution in [0.3, 0.4) is 0 Å². The van der Waals surface area contributed by atoms with E-state index in [4.69, 9.17) is 16.3 Å². The lowest BCUT2D eigenvalue weighted by atomic mass is 9.91. The highest BCUT2D eigenvalue weighted by Gasteiger charge is 2.23. The molecule has 0 saturated heterocycles. The largest absolute Gasteiger partial charge is 0.495 e. The molecule has 1 amide bonds. The zero-order valence-electron chi connectivity index (χ0n) is 19.2. The van der Waals surface area contributed by atoms with Crippen molar-refractivity contribution in [2.45, 2.75) is 57.7 Å². The summed E-state index contributed by atoms with van der Waals surface area (Å²) in [6, 6.07) is 6.64. The number of carbonyl (C=O) groups is 1. The van der Waals surface area contributed by atoms with Crippen molar-refractivity contribution in [1.82, 2.24) is 25.6 Å². The van der Waals surface area contributed by atoms with Gasteiger partial charge in [0.25, 0.3) is 0 Å². The second kappa shape index (κ2) is 10.4. The van der Waals surface area contributed by atoms with E-state index in [9.17, 15) is 4.79 Å². The minimum atomic E-state index is 0.0612. The van der Waals surface area contributed by atoms with Crippen LogP contribution >= 0.6 is 11.6 Å². The van der Waals surface area contributed by atoms with Crippen LogP contribution in [-0.4, -0.2) is 52.6 Å². The molecule has 0 unspecified atom stereocenters. The molecule has 8 nitrogen and oxygen atoms in total. The monoisotopic (exact) mass is 470 g/mol. The molecule has 33 heavy (non-hydrogen) atoms. The number of H-pyrrole nitrogens is 1. The van der Waals surface area contributed by atoms with Crippen LogP contribution in [0.1, 0.15) is 39.5 Å². The lowest BCUT2D eigenvalue weighted by Crippen LogP contribution is -2.44. The summed E-state index contributed by atoms with van der Waals surface area (Å²) in [6.07, 6.45) is 7.41. The Hall–Kier alpha value is -2.84. The van der Waals surface area contributed by atoms with Crippen molar-refractivity contribution in [1.29, 1.82) is 0 Å². The zero-order valence-corrected chi connectivity index (χ0v) is 20.0. The fourth-order valence-corrected chi connectivity index (χ4v) is 4.44. The number of rotatable bonds is 8. The first-order chi connectivity index (χ1) is 15.9. The summed E-state index contributed by atoms with van der Waals surface area (Å²) in [5, 5.41) is 11.2. The Bertz CT molecular complexity index is 1110. The van der Waals surface area contributed by atoms with Crippen molar-refractivity contribution in [3.05, 3.63) is 35.7 Å². The number of carbonyl (C=O) groups excluding carboxylic acids is 1. The molecule has 4 N–H and O–H groups in total. The molecule has 1 aliphatic carbocycles. The van der Waals surface area contributed by atoms with Crippen LogP contribution in [-0.2, 0) is 4.79 Å². The van der Waals surface area contributed by atoms with Crippen LogP contribution in [0.4, 0.5) is 5.82 Å². The molecule has 4 rings (SSSR count). The van der Waals surface area contributed by atoms with E-state index in [-0.39, 0.29) is 18.0 Å². The predicted molar refractivity (Wildman–Crippen MR) is 132 cm³/mol. The second-order valence-electron chi connectivity index (χ2n) is 8.83. The van der Waals surface area contributed by atoms with E-state index >= 15 is 0 Å². The van der Waals surface area contributed by atoms with Crippen LogP contribution in [0, 0.1) is 0 Å². The topological polar surface area (TPSA) is 104 Å². The Balaban J connectivity index is 1.40. The van der Waals surface area contributed by atoms with E-state index in [0.717, 1.165) is 53.7 Å². The fourth-order valence-electron chi connectivity index (χ4n) is 4.23. The van der Waals surface area contributed by atoms with Gasteiger partial charge >= 0.3 is 0 Å².